The van der Waals surface area contributed by atoms with Gasteiger partial charge in [-0.15, -0.1) is 6.58 Å². The number of aliphatic hydroxyl groups excluding tert-OH is 2. The van der Waals surface area contributed by atoms with Crippen molar-refractivity contribution in [2.45, 2.75) is 115 Å². The zero-order valence-electron chi connectivity index (χ0n) is 22.0. The zero-order valence-corrected chi connectivity index (χ0v) is 22.0. The Morgan fingerprint density at radius 3 is 2.53 bits per heavy atom. The van der Waals surface area contributed by atoms with Crippen LogP contribution >= 0.6 is 0 Å². The monoisotopic (exact) mass is 504 g/mol. The second-order valence-electron chi connectivity index (χ2n) is 12.6. The van der Waals surface area contributed by atoms with Gasteiger partial charge in [-0.1, -0.05) is 13.0 Å². The van der Waals surface area contributed by atoms with Gasteiger partial charge in [-0.05, 0) is 99.7 Å². The zero-order chi connectivity index (χ0) is 25.8. The molecule has 36 heavy (non-hydrogen) atoms. The Balaban J connectivity index is 1.26. The van der Waals surface area contributed by atoms with Gasteiger partial charge in [-0.2, -0.15) is 0 Å². The molecule has 0 spiro atoms. The lowest BCUT2D eigenvalue weighted by Crippen LogP contribution is -2.60. The average Bonchev–Trinajstić information content (AvgIpc) is 3.21. The second-order valence-corrected chi connectivity index (χ2v) is 12.6. The van der Waals surface area contributed by atoms with E-state index in [0.717, 1.165) is 32.1 Å². The van der Waals surface area contributed by atoms with Gasteiger partial charge in [0.05, 0.1) is 12.2 Å². The lowest BCUT2D eigenvalue weighted by Gasteiger charge is -2.60. The molecule has 1 saturated heterocycles. The van der Waals surface area contributed by atoms with Gasteiger partial charge in [0, 0.05) is 12.3 Å². The van der Waals surface area contributed by atoms with Gasteiger partial charge in [0.1, 0.15) is 18.5 Å². The number of rotatable bonds is 5. The summed E-state index contributed by atoms with van der Waals surface area (Å²) in [6.07, 6.45) is 7.51. The van der Waals surface area contributed by atoms with Gasteiger partial charge in [0.25, 0.3) is 0 Å². The largest absolute Gasteiger partial charge is 0.457 e. The van der Waals surface area contributed by atoms with Crippen molar-refractivity contribution < 1.29 is 34.0 Å². The molecule has 0 amide bonds. The summed E-state index contributed by atoms with van der Waals surface area (Å²) in [7, 11) is 0. The summed E-state index contributed by atoms with van der Waals surface area (Å²) < 4.78 is 17.2. The predicted molar refractivity (Wildman–Crippen MR) is 133 cm³/mol. The van der Waals surface area contributed by atoms with Gasteiger partial charge in [0.15, 0.2) is 12.4 Å². The number of aldehydes is 1. The molecule has 4 saturated carbocycles. The number of carbonyl (C=O) groups is 2. The molecular weight excluding hydrogens is 460 g/mol. The minimum absolute atomic E-state index is 0.144. The van der Waals surface area contributed by atoms with Gasteiger partial charge in [-0.25, -0.2) is 0 Å². The van der Waals surface area contributed by atoms with Crippen molar-refractivity contribution >= 4 is 12.3 Å². The molecular formula is C29H44O7. The molecule has 13 unspecified atom stereocenters. The Bertz CT molecular complexity index is 861. The molecule has 202 valence electrons. The number of hydrogen-bond donors (Lipinski definition) is 2. The number of carbonyl (C=O) groups excluding carboxylic acids is 2. The Morgan fingerprint density at radius 1 is 1.06 bits per heavy atom. The first-order valence-corrected chi connectivity index (χ1v) is 14.1. The van der Waals surface area contributed by atoms with Crippen LogP contribution in [0.5, 0.6) is 0 Å². The fourth-order valence-electron chi connectivity index (χ4n) is 9.35. The fraction of sp³-hybridized carbons (Fsp3) is 0.862. The van der Waals surface area contributed by atoms with Crippen LogP contribution in [0.1, 0.15) is 78.6 Å². The summed E-state index contributed by atoms with van der Waals surface area (Å²) in [6.45, 7) is 9.57. The molecule has 2 N–H and O–H groups in total. The second kappa shape index (κ2) is 9.79. The van der Waals surface area contributed by atoms with Crippen molar-refractivity contribution in [1.82, 2.24) is 0 Å². The van der Waals surface area contributed by atoms with Crippen LogP contribution in [-0.2, 0) is 23.8 Å². The topological polar surface area (TPSA) is 102 Å². The number of allylic oxidation sites excluding steroid dienone is 1. The van der Waals surface area contributed by atoms with E-state index in [9.17, 15) is 19.8 Å². The summed E-state index contributed by atoms with van der Waals surface area (Å²) in [6, 6.07) is 0. The average molecular weight is 505 g/mol. The van der Waals surface area contributed by atoms with Crippen molar-refractivity contribution in [3.05, 3.63) is 12.7 Å². The summed E-state index contributed by atoms with van der Waals surface area (Å²) in [4.78, 5) is 24.2. The molecule has 5 fully saturated rings. The van der Waals surface area contributed by atoms with Crippen LogP contribution in [0.2, 0.25) is 0 Å². The minimum Gasteiger partial charge on any atom is -0.457 e. The molecule has 7 heteroatoms. The molecule has 4 aliphatic carbocycles. The van der Waals surface area contributed by atoms with E-state index in [0.29, 0.717) is 29.1 Å². The van der Waals surface area contributed by atoms with Crippen LogP contribution in [0, 0.1) is 40.4 Å². The third-order valence-corrected chi connectivity index (χ3v) is 11.2. The molecule has 0 radical (unpaired) electrons. The molecule has 0 aromatic carbocycles. The van der Waals surface area contributed by atoms with Gasteiger partial charge >= 0.3 is 5.97 Å². The van der Waals surface area contributed by atoms with Crippen molar-refractivity contribution in [3.63, 3.8) is 0 Å². The molecule has 0 aromatic heterocycles. The standard InChI is InChI=1S/C29H44O7/c1-5-18-7-9-22-21-8-6-19-14-20(10-13-29(19,15-30)23(21)11-12-28(18,22)4)36-27-25(33)24(32)26(16(2)34-27)35-17(3)31/h5,15-16,18-27,32-33H,1,6-14H2,2-4H3. The molecule has 13 atom stereocenters. The summed E-state index contributed by atoms with van der Waals surface area (Å²) in [5, 5.41) is 21.2. The van der Waals surface area contributed by atoms with Crippen LogP contribution in [-0.4, -0.2) is 59.3 Å². The van der Waals surface area contributed by atoms with Crippen molar-refractivity contribution in [2.75, 3.05) is 0 Å². The quantitative estimate of drug-likeness (QED) is 0.254. The van der Waals surface area contributed by atoms with E-state index in [2.05, 4.69) is 19.6 Å². The smallest absolute Gasteiger partial charge is 0.303 e. The van der Waals surface area contributed by atoms with E-state index in [1.165, 1.54) is 38.9 Å². The van der Waals surface area contributed by atoms with E-state index >= 15 is 0 Å². The minimum atomic E-state index is -1.31. The lowest BCUT2D eigenvalue weighted by atomic mass is 9.44. The number of fused-ring (bicyclic) bond motifs is 5. The summed E-state index contributed by atoms with van der Waals surface area (Å²) >= 11 is 0. The molecule has 7 nitrogen and oxygen atoms in total. The van der Waals surface area contributed by atoms with Crippen LogP contribution < -0.4 is 0 Å². The molecule has 5 rings (SSSR count). The summed E-state index contributed by atoms with van der Waals surface area (Å²) in [5.74, 6) is 2.08. The summed E-state index contributed by atoms with van der Waals surface area (Å²) in [5.41, 5.74) is 0.0474. The number of ether oxygens (including phenoxy) is 3. The lowest BCUT2D eigenvalue weighted by molar-refractivity contribution is -0.310. The molecule has 5 aliphatic rings. The van der Waals surface area contributed by atoms with E-state index < -0.39 is 36.7 Å². The third kappa shape index (κ3) is 4.09. The molecule has 1 heterocycles. The van der Waals surface area contributed by atoms with E-state index in [-0.39, 0.29) is 17.4 Å². The third-order valence-electron chi connectivity index (χ3n) is 11.2. The van der Waals surface area contributed by atoms with Crippen LogP contribution in [0.25, 0.3) is 0 Å². The first-order valence-electron chi connectivity index (χ1n) is 14.1. The highest BCUT2D eigenvalue weighted by atomic mass is 16.7. The van der Waals surface area contributed by atoms with Gasteiger partial charge in [-0.3, -0.25) is 4.79 Å². The van der Waals surface area contributed by atoms with Crippen molar-refractivity contribution in [1.29, 1.82) is 0 Å². The van der Waals surface area contributed by atoms with E-state index in [1.807, 2.05) is 0 Å². The number of hydrogen-bond acceptors (Lipinski definition) is 7. The van der Waals surface area contributed by atoms with Gasteiger partial charge < -0.3 is 29.2 Å². The maximum Gasteiger partial charge on any atom is 0.303 e. The van der Waals surface area contributed by atoms with Gasteiger partial charge in [0.2, 0.25) is 0 Å². The highest BCUT2D eigenvalue weighted by Crippen LogP contribution is 2.67. The number of esters is 1. The molecule has 0 bridgehead atoms. The normalized spacial score (nSPS) is 52.4. The fourth-order valence-corrected chi connectivity index (χ4v) is 9.35. The Hall–Kier alpha value is -1.28. The predicted octanol–water partition coefficient (Wildman–Crippen LogP) is 3.79. The number of aliphatic hydroxyl groups is 2. The van der Waals surface area contributed by atoms with Crippen LogP contribution in [0.3, 0.4) is 0 Å². The first kappa shape index (κ1) is 26.3. The SMILES string of the molecule is C=CC1CCC2C3CCC4CC(OC5OC(C)C(OC(C)=O)C(O)C5O)CCC4(C=O)C3CCC12C. The maximum absolute atomic E-state index is 12.8. The Labute approximate surface area is 214 Å². The molecule has 1 aliphatic heterocycles. The highest BCUT2D eigenvalue weighted by Gasteiger charge is 2.61. The Morgan fingerprint density at radius 2 is 1.83 bits per heavy atom. The highest BCUT2D eigenvalue weighted by molar-refractivity contribution is 5.66. The van der Waals surface area contributed by atoms with Crippen molar-refractivity contribution in [3.8, 4) is 0 Å². The van der Waals surface area contributed by atoms with Crippen LogP contribution in [0.15, 0.2) is 12.7 Å². The first-order chi connectivity index (χ1) is 17.1. The van der Waals surface area contributed by atoms with E-state index in [4.69, 9.17) is 14.2 Å². The Kier molecular flexibility index (Phi) is 7.16. The molecule has 0 aromatic rings. The van der Waals surface area contributed by atoms with E-state index in [1.54, 1.807) is 6.92 Å². The van der Waals surface area contributed by atoms with Crippen LogP contribution in [0.4, 0.5) is 0 Å². The maximum atomic E-state index is 12.8. The van der Waals surface area contributed by atoms with Crippen molar-refractivity contribution in [2.24, 2.45) is 40.4 Å².